The van der Waals surface area contributed by atoms with Gasteiger partial charge in [-0.3, -0.25) is 0 Å². The summed E-state index contributed by atoms with van der Waals surface area (Å²) in [7, 11) is -3.62. The standard InChI is InChI=1S/C13H17FN2O2S2/c1-2-9-4-3-7-16(9)20(17,18)10-5-6-12(14)11(8-10)13(15)19/h5-6,8-9H,2-4,7H2,1H3,(H2,15,19). The molecule has 0 saturated carbocycles. The number of nitrogens with two attached hydrogens (primary N) is 1. The highest BCUT2D eigenvalue weighted by atomic mass is 32.2. The summed E-state index contributed by atoms with van der Waals surface area (Å²) in [5.74, 6) is -0.607. The number of benzene rings is 1. The predicted molar refractivity (Wildman–Crippen MR) is 79.5 cm³/mol. The van der Waals surface area contributed by atoms with Crippen LogP contribution in [0.5, 0.6) is 0 Å². The van der Waals surface area contributed by atoms with Gasteiger partial charge >= 0.3 is 0 Å². The molecule has 1 heterocycles. The van der Waals surface area contributed by atoms with E-state index in [4.69, 9.17) is 18.0 Å². The van der Waals surface area contributed by atoms with Crippen LogP contribution in [0.15, 0.2) is 23.1 Å². The number of halogens is 1. The Morgan fingerprint density at radius 1 is 1.55 bits per heavy atom. The molecule has 1 aliphatic heterocycles. The maximum atomic E-state index is 13.6. The van der Waals surface area contributed by atoms with E-state index in [1.54, 1.807) is 0 Å². The molecule has 1 aromatic rings. The number of nitrogens with zero attached hydrogens (tertiary/aromatic N) is 1. The molecule has 0 amide bonds. The normalized spacial score (nSPS) is 20.2. The van der Waals surface area contributed by atoms with Crippen LogP contribution in [0, 0.1) is 5.82 Å². The van der Waals surface area contributed by atoms with Crippen LogP contribution in [-0.2, 0) is 10.0 Å². The van der Waals surface area contributed by atoms with Gasteiger partial charge in [-0.1, -0.05) is 19.1 Å². The smallest absolute Gasteiger partial charge is 0.243 e. The molecule has 7 heteroatoms. The summed E-state index contributed by atoms with van der Waals surface area (Å²) in [6.07, 6.45) is 2.47. The number of hydrogen-bond donors (Lipinski definition) is 1. The minimum atomic E-state index is -3.62. The molecule has 110 valence electrons. The molecule has 1 unspecified atom stereocenters. The van der Waals surface area contributed by atoms with Crippen molar-refractivity contribution in [1.29, 1.82) is 0 Å². The quantitative estimate of drug-likeness (QED) is 0.863. The maximum Gasteiger partial charge on any atom is 0.243 e. The summed E-state index contributed by atoms with van der Waals surface area (Å²) in [5.41, 5.74) is 5.38. The molecule has 2 N–H and O–H groups in total. The number of hydrogen-bond acceptors (Lipinski definition) is 3. The average Bonchev–Trinajstić information content (AvgIpc) is 2.87. The minimum Gasteiger partial charge on any atom is -0.389 e. The van der Waals surface area contributed by atoms with E-state index in [1.807, 2.05) is 6.92 Å². The lowest BCUT2D eigenvalue weighted by molar-refractivity contribution is 0.379. The van der Waals surface area contributed by atoms with Gasteiger partial charge in [-0.05, 0) is 37.5 Å². The van der Waals surface area contributed by atoms with Crippen molar-refractivity contribution in [2.75, 3.05) is 6.54 Å². The molecule has 4 nitrogen and oxygen atoms in total. The van der Waals surface area contributed by atoms with Crippen LogP contribution in [0.4, 0.5) is 4.39 Å². The van der Waals surface area contributed by atoms with Crippen LogP contribution < -0.4 is 5.73 Å². The second-order valence-electron chi connectivity index (χ2n) is 4.83. The van der Waals surface area contributed by atoms with Gasteiger partial charge in [-0.2, -0.15) is 4.31 Å². The van der Waals surface area contributed by atoms with E-state index < -0.39 is 15.8 Å². The highest BCUT2D eigenvalue weighted by Gasteiger charge is 2.34. The third-order valence-electron chi connectivity index (χ3n) is 3.60. The third-order valence-corrected chi connectivity index (χ3v) is 5.77. The first-order valence-electron chi connectivity index (χ1n) is 6.49. The molecule has 0 bridgehead atoms. The monoisotopic (exact) mass is 316 g/mol. The van der Waals surface area contributed by atoms with Crippen molar-refractivity contribution in [3.63, 3.8) is 0 Å². The van der Waals surface area contributed by atoms with Crippen LogP contribution in [0.3, 0.4) is 0 Å². The fourth-order valence-electron chi connectivity index (χ4n) is 2.52. The van der Waals surface area contributed by atoms with Crippen molar-refractivity contribution in [2.45, 2.75) is 37.1 Å². The van der Waals surface area contributed by atoms with E-state index in [0.29, 0.717) is 6.54 Å². The maximum absolute atomic E-state index is 13.6. The number of sulfonamides is 1. The molecule has 0 aromatic heterocycles. The molecule has 1 atom stereocenters. The fourth-order valence-corrected chi connectivity index (χ4v) is 4.47. The molecule has 20 heavy (non-hydrogen) atoms. The molecule has 1 fully saturated rings. The van der Waals surface area contributed by atoms with Crippen molar-refractivity contribution in [1.82, 2.24) is 4.31 Å². The van der Waals surface area contributed by atoms with Gasteiger partial charge in [-0.25, -0.2) is 12.8 Å². The molecular formula is C13H17FN2O2S2. The van der Waals surface area contributed by atoms with Gasteiger partial charge in [0.1, 0.15) is 10.8 Å². The molecule has 2 rings (SSSR count). The predicted octanol–water partition coefficient (Wildman–Crippen LogP) is 2.02. The van der Waals surface area contributed by atoms with Crippen LogP contribution in [0.25, 0.3) is 0 Å². The van der Waals surface area contributed by atoms with E-state index in [-0.39, 0.29) is 21.5 Å². The topological polar surface area (TPSA) is 63.4 Å². The van der Waals surface area contributed by atoms with Gasteiger partial charge in [-0.15, -0.1) is 0 Å². The van der Waals surface area contributed by atoms with Gasteiger partial charge in [0.15, 0.2) is 0 Å². The first kappa shape index (κ1) is 15.3. The van der Waals surface area contributed by atoms with Gasteiger partial charge in [0.2, 0.25) is 10.0 Å². The van der Waals surface area contributed by atoms with Crippen molar-refractivity contribution in [3.05, 3.63) is 29.6 Å². The summed E-state index contributed by atoms with van der Waals surface area (Å²) >= 11 is 4.74. The van der Waals surface area contributed by atoms with E-state index in [0.717, 1.165) is 25.3 Å². The van der Waals surface area contributed by atoms with E-state index in [2.05, 4.69) is 0 Å². The van der Waals surface area contributed by atoms with Gasteiger partial charge in [0.05, 0.1) is 4.90 Å². The Kier molecular flexibility index (Phi) is 4.41. The number of thiocarbonyl (C=S) groups is 1. The SMILES string of the molecule is CCC1CCCN1S(=O)(=O)c1ccc(F)c(C(N)=S)c1. The van der Waals surface area contributed by atoms with Gasteiger partial charge < -0.3 is 5.73 Å². The van der Waals surface area contributed by atoms with E-state index in [1.165, 1.54) is 16.4 Å². The first-order chi connectivity index (χ1) is 9.37. The Balaban J connectivity index is 2.44. The van der Waals surface area contributed by atoms with Crippen molar-refractivity contribution < 1.29 is 12.8 Å². The van der Waals surface area contributed by atoms with E-state index >= 15 is 0 Å². The summed E-state index contributed by atoms with van der Waals surface area (Å²) < 4.78 is 40.3. The summed E-state index contributed by atoms with van der Waals surface area (Å²) in [6, 6.07) is 3.59. The van der Waals surface area contributed by atoms with Crippen molar-refractivity contribution in [2.24, 2.45) is 5.73 Å². The van der Waals surface area contributed by atoms with Crippen LogP contribution in [0.1, 0.15) is 31.7 Å². The lowest BCUT2D eigenvalue weighted by atomic mass is 10.2. The van der Waals surface area contributed by atoms with Crippen LogP contribution in [-0.4, -0.2) is 30.3 Å². The Morgan fingerprint density at radius 3 is 2.85 bits per heavy atom. The fraction of sp³-hybridized carbons (Fsp3) is 0.462. The molecule has 1 aromatic carbocycles. The molecular weight excluding hydrogens is 299 g/mol. The summed E-state index contributed by atoms with van der Waals surface area (Å²) in [6.45, 7) is 2.46. The largest absolute Gasteiger partial charge is 0.389 e. The summed E-state index contributed by atoms with van der Waals surface area (Å²) in [4.78, 5) is -0.102. The molecule has 0 radical (unpaired) electrons. The minimum absolute atomic E-state index is 0.0123. The Labute approximate surface area is 123 Å². The lowest BCUT2D eigenvalue weighted by Crippen LogP contribution is -2.35. The number of rotatable bonds is 4. The first-order valence-corrected chi connectivity index (χ1v) is 8.34. The zero-order valence-electron chi connectivity index (χ0n) is 11.2. The zero-order valence-corrected chi connectivity index (χ0v) is 12.8. The van der Waals surface area contributed by atoms with E-state index in [9.17, 15) is 12.8 Å². The Morgan fingerprint density at radius 2 is 2.25 bits per heavy atom. The Bertz CT molecular complexity index is 631. The zero-order chi connectivity index (χ0) is 14.9. The molecule has 1 aliphatic rings. The summed E-state index contributed by atoms with van der Waals surface area (Å²) in [5, 5.41) is 0. The van der Waals surface area contributed by atoms with Crippen molar-refractivity contribution >= 4 is 27.2 Å². The van der Waals surface area contributed by atoms with Gasteiger partial charge in [0, 0.05) is 18.2 Å². The molecule has 0 spiro atoms. The average molecular weight is 316 g/mol. The molecule has 0 aliphatic carbocycles. The highest BCUT2D eigenvalue weighted by Crippen LogP contribution is 2.28. The van der Waals surface area contributed by atoms with Crippen molar-refractivity contribution in [3.8, 4) is 0 Å². The van der Waals surface area contributed by atoms with Crippen LogP contribution in [0.2, 0.25) is 0 Å². The lowest BCUT2D eigenvalue weighted by Gasteiger charge is -2.23. The third kappa shape index (κ3) is 2.70. The van der Waals surface area contributed by atoms with Crippen LogP contribution >= 0.6 is 12.2 Å². The highest BCUT2D eigenvalue weighted by molar-refractivity contribution is 7.89. The van der Waals surface area contributed by atoms with Gasteiger partial charge in [0.25, 0.3) is 0 Å². The second kappa shape index (κ2) is 5.75. The Hall–Kier alpha value is -1.05. The molecule has 1 saturated heterocycles. The second-order valence-corrected chi connectivity index (χ2v) is 7.16.